The highest BCUT2D eigenvalue weighted by Gasteiger charge is 2.31. The molecule has 10 nitrogen and oxygen atoms in total. The zero-order valence-electron chi connectivity index (χ0n) is 18.2. The SMILES string of the molecule is CC(C)C(NC(=O)C(CS)NC(=O)C(NC(=O)C(N)CCCCN)C(C)C)C(=O)O. The van der Waals surface area contributed by atoms with Crippen molar-refractivity contribution >= 4 is 36.3 Å². The molecule has 0 saturated heterocycles. The molecule has 4 unspecified atom stereocenters. The molecule has 0 aromatic rings. The van der Waals surface area contributed by atoms with Gasteiger partial charge in [-0.25, -0.2) is 4.79 Å². The first-order valence-electron chi connectivity index (χ1n) is 10.2. The number of rotatable bonds is 14. The van der Waals surface area contributed by atoms with Gasteiger partial charge in [0, 0.05) is 5.75 Å². The van der Waals surface area contributed by atoms with Gasteiger partial charge in [-0.3, -0.25) is 14.4 Å². The summed E-state index contributed by atoms with van der Waals surface area (Å²) < 4.78 is 0. The first kappa shape index (κ1) is 28.1. The summed E-state index contributed by atoms with van der Waals surface area (Å²) in [6.07, 6.45) is 1.90. The van der Waals surface area contributed by atoms with Crippen molar-refractivity contribution in [3.63, 3.8) is 0 Å². The van der Waals surface area contributed by atoms with Crippen molar-refractivity contribution in [3.8, 4) is 0 Å². The molecule has 0 saturated carbocycles. The lowest BCUT2D eigenvalue weighted by atomic mass is 10.0. The Bertz CT molecular complexity index is 588. The fraction of sp³-hybridized carbons (Fsp3) is 0.789. The van der Waals surface area contributed by atoms with E-state index in [1.54, 1.807) is 27.7 Å². The Hall–Kier alpha value is -1.85. The van der Waals surface area contributed by atoms with Crippen LogP contribution in [0.15, 0.2) is 0 Å². The maximum absolute atomic E-state index is 12.7. The average Bonchev–Trinajstić information content (AvgIpc) is 2.66. The molecule has 30 heavy (non-hydrogen) atoms. The molecular weight excluding hydrogens is 410 g/mol. The first-order chi connectivity index (χ1) is 14.0. The van der Waals surface area contributed by atoms with Crippen molar-refractivity contribution < 1.29 is 24.3 Å². The van der Waals surface area contributed by atoms with E-state index in [0.717, 1.165) is 6.42 Å². The van der Waals surface area contributed by atoms with Crippen LogP contribution in [0.5, 0.6) is 0 Å². The van der Waals surface area contributed by atoms with Crippen LogP contribution >= 0.6 is 12.6 Å². The molecule has 0 rings (SSSR count). The summed E-state index contributed by atoms with van der Waals surface area (Å²) in [5.41, 5.74) is 11.3. The molecule has 0 radical (unpaired) electrons. The highest BCUT2D eigenvalue weighted by atomic mass is 32.1. The van der Waals surface area contributed by atoms with Crippen LogP contribution in [0, 0.1) is 11.8 Å². The molecule has 0 aliphatic heterocycles. The van der Waals surface area contributed by atoms with Gasteiger partial charge in [-0.2, -0.15) is 12.6 Å². The number of amides is 3. The molecule has 174 valence electrons. The second-order valence-electron chi connectivity index (χ2n) is 7.93. The summed E-state index contributed by atoms with van der Waals surface area (Å²) >= 11 is 4.09. The van der Waals surface area contributed by atoms with E-state index >= 15 is 0 Å². The predicted octanol–water partition coefficient (Wildman–Crippen LogP) is -0.776. The molecule has 0 spiro atoms. The molecule has 3 amide bonds. The number of nitrogens with two attached hydrogens (primary N) is 2. The standard InChI is InChI=1S/C19H37N5O5S/c1-10(2)14(23-16(25)12(21)7-5-6-8-20)18(27)22-13(9-30)17(26)24-15(11(3)4)19(28)29/h10-15,30H,5-9,20-21H2,1-4H3,(H,22,27)(H,23,25)(H,24,26)(H,28,29). The van der Waals surface area contributed by atoms with E-state index in [2.05, 4.69) is 28.6 Å². The molecule has 0 fully saturated rings. The maximum atomic E-state index is 12.7. The van der Waals surface area contributed by atoms with Crippen LogP contribution in [-0.2, 0) is 19.2 Å². The van der Waals surface area contributed by atoms with Crippen LogP contribution in [0.4, 0.5) is 0 Å². The van der Waals surface area contributed by atoms with E-state index < -0.39 is 47.9 Å². The number of carbonyl (C=O) groups is 4. The largest absolute Gasteiger partial charge is 0.480 e. The molecule has 0 aromatic heterocycles. The van der Waals surface area contributed by atoms with Crippen molar-refractivity contribution in [2.24, 2.45) is 23.3 Å². The van der Waals surface area contributed by atoms with Gasteiger partial charge in [-0.15, -0.1) is 0 Å². The topological polar surface area (TPSA) is 177 Å². The quantitative estimate of drug-likeness (QED) is 0.135. The third-order valence-electron chi connectivity index (χ3n) is 4.60. The van der Waals surface area contributed by atoms with Crippen LogP contribution in [0.25, 0.3) is 0 Å². The fourth-order valence-corrected chi connectivity index (χ4v) is 2.92. The van der Waals surface area contributed by atoms with Crippen LogP contribution in [0.3, 0.4) is 0 Å². The molecular formula is C19H37N5O5S. The fourth-order valence-electron chi connectivity index (χ4n) is 2.66. The lowest BCUT2D eigenvalue weighted by Gasteiger charge is -2.27. The van der Waals surface area contributed by atoms with Crippen molar-refractivity contribution in [2.75, 3.05) is 12.3 Å². The zero-order valence-corrected chi connectivity index (χ0v) is 19.1. The van der Waals surface area contributed by atoms with Gasteiger partial charge in [-0.05, 0) is 31.2 Å². The van der Waals surface area contributed by atoms with Gasteiger partial charge in [0.15, 0.2) is 0 Å². The number of carbonyl (C=O) groups excluding carboxylic acids is 3. The van der Waals surface area contributed by atoms with Gasteiger partial charge in [0.05, 0.1) is 6.04 Å². The number of unbranched alkanes of at least 4 members (excludes halogenated alkanes) is 1. The Balaban J connectivity index is 5.07. The monoisotopic (exact) mass is 447 g/mol. The number of carboxylic acid groups (broad SMARTS) is 1. The normalized spacial score (nSPS) is 15.2. The minimum Gasteiger partial charge on any atom is -0.480 e. The van der Waals surface area contributed by atoms with Crippen molar-refractivity contribution in [1.82, 2.24) is 16.0 Å². The van der Waals surface area contributed by atoms with Crippen molar-refractivity contribution in [3.05, 3.63) is 0 Å². The molecule has 0 aliphatic carbocycles. The van der Waals surface area contributed by atoms with Crippen LogP contribution < -0.4 is 27.4 Å². The smallest absolute Gasteiger partial charge is 0.326 e. The predicted molar refractivity (Wildman–Crippen MR) is 118 cm³/mol. The highest BCUT2D eigenvalue weighted by molar-refractivity contribution is 7.80. The maximum Gasteiger partial charge on any atom is 0.326 e. The summed E-state index contributed by atoms with van der Waals surface area (Å²) in [4.78, 5) is 48.8. The Labute approximate surface area is 183 Å². The van der Waals surface area contributed by atoms with E-state index in [9.17, 15) is 24.3 Å². The Kier molecular flexibility index (Phi) is 13.3. The highest BCUT2D eigenvalue weighted by Crippen LogP contribution is 2.07. The van der Waals surface area contributed by atoms with E-state index in [4.69, 9.17) is 11.5 Å². The molecule has 0 aliphatic rings. The molecule has 0 heterocycles. The first-order valence-corrected chi connectivity index (χ1v) is 10.8. The third-order valence-corrected chi connectivity index (χ3v) is 4.96. The zero-order chi connectivity index (χ0) is 23.4. The van der Waals surface area contributed by atoms with Crippen molar-refractivity contribution in [1.29, 1.82) is 0 Å². The van der Waals surface area contributed by atoms with Crippen LogP contribution in [0.2, 0.25) is 0 Å². The summed E-state index contributed by atoms with van der Waals surface area (Å²) in [7, 11) is 0. The lowest BCUT2D eigenvalue weighted by Crippen LogP contribution is -2.59. The number of thiol groups is 1. The molecule has 4 atom stereocenters. The van der Waals surface area contributed by atoms with Crippen LogP contribution in [-0.4, -0.2) is 65.3 Å². The van der Waals surface area contributed by atoms with Gasteiger partial charge in [0.1, 0.15) is 18.1 Å². The lowest BCUT2D eigenvalue weighted by molar-refractivity contribution is -0.143. The van der Waals surface area contributed by atoms with Gasteiger partial charge in [0.2, 0.25) is 17.7 Å². The number of aliphatic carboxylic acids is 1. The minimum atomic E-state index is -1.17. The summed E-state index contributed by atoms with van der Waals surface area (Å²) in [5, 5.41) is 16.8. The number of carboxylic acids is 1. The number of hydrogen-bond acceptors (Lipinski definition) is 7. The molecule has 0 aromatic carbocycles. The Morgan fingerprint density at radius 1 is 0.867 bits per heavy atom. The van der Waals surface area contributed by atoms with Crippen molar-refractivity contribution in [2.45, 2.75) is 71.1 Å². The summed E-state index contributed by atoms with van der Waals surface area (Å²) in [6.45, 7) is 7.33. The molecule has 0 bridgehead atoms. The van der Waals surface area contributed by atoms with Crippen LogP contribution in [0.1, 0.15) is 47.0 Å². The van der Waals surface area contributed by atoms with Gasteiger partial charge in [-0.1, -0.05) is 34.1 Å². The van der Waals surface area contributed by atoms with E-state index in [1.165, 1.54) is 0 Å². The third kappa shape index (κ3) is 9.77. The van der Waals surface area contributed by atoms with E-state index in [-0.39, 0.29) is 17.6 Å². The second-order valence-corrected chi connectivity index (χ2v) is 8.30. The van der Waals surface area contributed by atoms with E-state index in [0.29, 0.717) is 19.4 Å². The number of hydrogen-bond donors (Lipinski definition) is 7. The van der Waals surface area contributed by atoms with Gasteiger partial charge >= 0.3 is 5.97 Å². The summed E-state index contributed by atoms with van der Waals surface area (Å²) in [5.74, 6) is -3.51. The Morgan fingerprint density at radius 2 is 1.40 bits per heavy atom. The van der Waals surface area contributed by atoms with Gasteiger partial charge in [0.25, 0.3) is 0 Å². The minimum absolute atomic E-state index is 0.0423. The summed E-state index contributed by atoms with van der Waals surface area (Å²) in [6, 6.07) is -3.83. The molecule has 11 heteroatoms. The molecule has 8 N–H and O–H groups in total. The average molecular weight is 448 g/mol. The van der Waals surface area contributed by atoms with Gasteiger partial charge < -0.3 is 32.5 Å². The Morgan fingerprint density at radius 3 is 1.83 bits per heavy atom. The second kappa shape index (κ2) is 14.2. The van der Waals surface area contributed by atoms with E-state index in [1.807, 2.05) is 0 Å². The number of nitrogens with one attached hydrogen (secondary N) is 3.